The highest BCUT2D eigenvalue weighted by Gasteiger charge is 2.62. The lowest BCUT2D eigenvalue weighted by atomic mass is 9.42. The minimum absolute atomic E-state index is 0.0178. The van der Waals surface area contributed by atoms with E-state index in [1.807, 2.05) is 24.5 Å². The fourth-order valence-electron chi connectivity index (χ4n) is 9.37. The van der Waals surface area contributed by atoms with Crippen LogP contribution in [0.5, 0.6) is 0 Å². The molecule has 3 N–H and O–H groups in total. The van der Waals surface area contributed by atoms with Gasteiger partial charge in [-0.15, -0.1) is 0 Å². The smallest absolute Gasteiger partial charge is 0.0937 e. The van der Waals surface area contributed by atoms with E-state index in [2.05, 4.69) is 52.1 Å². The summed E-state index contributed by atoms with van der Waals surface area (Å²) in [4.78, 5) is 0. The Kier molecular flexibility index (Phi) is 7.87. The first kappa shape index (κ1) is 29.2. The highest BCUT2D eigenvalue weighted by Crippen LogP contribution is 2.69. The molecule has 0 aliphatic heterocycles. The van der Waals surface area contributed by atoms with Gasteiger partial charge in [-0.05, 0) is 95.4 Å². The largest absolute Gasteiger partial charge is 0.472 e. The fraction of sp³-hybridized carbons (Fsp3) is 0.636. The fourth-order valence-corrected chi connectivity index (χ4v) is 9.69. The van der Waals surface area contributed by atoms with Crippen LogP contribution in [0.1, 0.15) is 83.8 Å². The SMILES string of the molecule is CC1(CNCc2ccc(Cl)c(Cl)c2)C2=CC[C@@H](c3ccoc3)[C@]2(C)CCC1[C@@]1(C)CC[C@@H](O)C(C)(C)[C@@H]1CO. The lowest BCUT2D eigenvalue weighted by molar-refractivity contribution is -0.157. The van der Waals surface area contributed by atoms with Crippen molar-refractivity contribution in [1.82, 2.24) is 5.32 Å². The second-order valence-corrected chi connectivity index (χ2v) is 14.7. The Balaban J connectivity index is 1.51. The number of aliphatic hydroxyl groups excluding tert-OH is 2. The zero-order chi connectivity index (χ0) is 28.2. The van der Waals surface area contributed by atoms with Crippen LogP contribution in [0.2, 0.25) is 10.0 Å². The van der Waals surface area contributed by atoms with E-state index in [1.165, 1.54) is 5.56 Å². The number of halogens is 2. The van der Waals surface area contributed by atoms with Crippen molar-refractivity contribution >= 4 is 23.2 Å². The molecule has 2 saturated carbocycles. The van der Waals surface area contributed by atoms with Crippen LogP contribution in [-0.2, 0) is 6.54 Å². The molecular weight excluding hydrogens is 529 g/mol. The highest BCUT2D eigenvalue weighted by molar-refractivity contribution is 6.42. The van der Waals surface area contributed by atoms with Gasteiger partial charge in [0.15, 0.2) is 0 Å². The predicted molar refractivity (Wildman–Crippen MR) is 159 cm³/mol. The third-order valence-corrected chi connectivity index (χ3v) is 12.3. The first-order valence-corrected chi connectivity index (χ1v) is 15.3. The van der Waals surface area contributed by atoms with Crippen molar-refractivity contribution in [2.45, 2.75) is 85.3 Å². The molecule has 0 spiro atoms. The molecule has 6 heteroatoms. The van der Waals surface area contributed by atoms with Gasteiger partial charge in [-0.1, -0.05) is 75.5 Å². The minimum atomic E-state index is -0.396. The number of allylic oxidation sites excluding steroid dienone is 1. The van der Waals surface area contributed by atoms with Crippen molar-refractivity contribution < 1.29 is 14.6 Å². The maximum Gasteiger partial charge on any atom is 0.0937 e. The molecule has 3 aliphatic carbocycles. The molecule has 2 fully saturated rings. The molecule has 5 rings (SSSR count). The normalized spacial score (nSPS) is 37.9. The number of hydrogen-bond donors (Lipinski definition) is 3. The number of rotatable bonds is 7. The van der Waals surface area contributed by atoms with Crippen molar-refractivity contribution in [1.29, 1.82) is 0 Å². The summed E-state index contributed by atoms with van der Waals surface area (Å²) in [6, 6.07) is 7.97. The molecule has 1 heterocycles. The average Bonchev–Trinajstić information content (AvgIpc) is 3.52. The number of hydrogen-bond acceptors (Lipinski definition) is 4. The number of aliphatic hydroxyl groups is 2. The van der Waals surface area contributed by atoms with Crippen LogP contribution in [0, 0.1) is 33.5 Å². The zero-order valence-corrected chi connectivity index (χ0v) is 25.6. The van der Waals surface area contributed by atoms with E-state index in [-0.39, 0.29) is 34.2 Å². The van der Waals surface area contributed by atoms with Gasteiger partial charge in [0.25, 0.3) is 0 Å². The van der Waals surface area contributed by atoms with Gasteiger partial charge in [-0.3, -0.25) is 0 Å². The summed E-state index contributed by atoms with van der Waals surface area (Å²) in [5, 5.41) is 26.7. The predicted octanol–water partition coefficient (Wildman–Crippen LogP) is 8.01. The molecule has 1 aromatic carbocycles. The van der Waals surface area contributed by atoms with E-state index >= 15 is 0 Å². The maximum atomic E-state index is 11.0. The molecule has 4 nitrogen and oxygen atoms in total. The van der Waals surface area contributed by atoms with Crippen molar-refractivity contribution in [2.24, 2.45) is 33.5 Å². The summed E-state index contributed by atoms with van der Waals surface area (Å²) < 4.78 is 5.52. The van der Waals surface area contributed by atoms with E-state index in [1.54, 1.807) is 11.8 Å². The molecule has 2 unspecified atom stereocenters. The molecule has 0 amide bonds. The van der Waals surface area contributed by atoms with Gasteiger partial charge < -0.3 is 19.9 Å². The Morgan fingerprint density at radius 2 is 1.79 bits per heavy atom. The van der Waals surface area contributed by atoms with Crippen molar-refractivity contribution in [3.05, 3.63) is 69.6 Å². The Morgan fingerprint density at radius 1 is 1.03 bits per heavy atom. The van der Waals surface area contributed by atoms with Crippen LogP contribution in [0.15, 0.2) is 52.9 Å². The second kappa shape index (κ2) is 10.5. The van der Waals surface area contributed by atoms with Crippen LogP contribution in [0.25, 0.3) is 0 Å². The average molecular weight is 575 g/mol. The zero-order valence-electron chi connectivity index (χ0n) is 24.1. The van der Waals surface area contributed by atoms with Crippen molar-refractivity contribution in [2.75, 3.05) is 13.2 Å². The van der Waals surface area contributed by atoms with E-state index in [0.29, 0.717) is 28.4 Å². The number of furan rings is 1. The Labute approximate surface area is 244 Å². The summed E-state index contributed by atoms with van der Waals surface area (Å²) in [6.07, 6.45) is 10.8. The molecular formula is C33H45Cl2NO3. The number of nitrogens with one attached hydrogen (secondary N) is 1. The van der Waals surface area contributed by atoms with Gasteiger partial charge in [-0.2, -0.15) is 0 Å². The molecule has 39 heavy (non-hydrogen) atoms. The van der Waals surface area contributed by atoms with Gasteiger partial charge in [-0.25, -0.2) is 0 Å². The third-order valence-electron chi connectivity index (χ3n) is 11.5. The first-order chi connectivity index (χ1) is 18.4. The standard InChI is InChI=1S/C33H45Cl2NO3/c1-30(2)28(18-37)32(4,14-11-29(30)38)27-10-13-31(3)23(22-12-15-39-19-22)7-9-26(31)33(27,5)20-36-17-21-6-8-24(34)25(35)16-21/h6,8-9,12,15-16,19,23,27-29,36-38H,7,10-11,13-14,17-18,20H2,1-5H3/t23-,27?,28-,29+,31-,32+,33?/m0/s1. The molecule has 7 atom stereocenters. The van der Waals surface area contributed by atoms with Gasteiger partial charge in [0.2, 0.25) is 0 Å². The lowest BCUT2D eigenvalue weighted by Gasteiger charge is -2.63. The Morgan fingerprint density at radius 3 is 2.46 bits per heavy atom. The summed E-state index contributed by atoms with van der Waals surface area (Å²) >= 11 is 12.5. The van der Waals surface area contributed by atoms with E-state index in [9.17, 15) is 10.2 Å². The molecule has 1 aromatic heterocycles. The van der Waals surface area contributed by atoms with Gasteiger partial charge in [0.1, 0.15) is 0 Å². The van der Waals surface area contributed by atoms with Crippen LogP contribution < -0.4 is 5.32 Å². The van der Waals surface area contributed by atoms with Crippen LogP contribution in [0.3, 0.4) is 0 Å². The number of benzene rings is 1. The molecule has 0 radical (unpaired) electrons. The quantitative estimate of drug-likeness (QED) is 0.293. The van der Waals surface area contributed by atoms with Gasteiger partial charge in [0, 0.05) is 25.1 Å². The monoisotopic (exact) mass is 573 g/mol. The molecule has 0 saturated heterocycles. The minimum Gasteiger partial charge on any atom is -0.472 e. The summed E-state index contributed by atoms with van der Waals surface area (Å²) in [6.45, 7) is 13.2. The van der Waals surface area contributed by atoms with E-state index < -0.39 is 6.10 Å². The third kappa shape index (κ3) is 4.73. The number of fused-ring (bicyclic) bond motifs is 1. The molecule has 214 valence electrons. The highest BCUT2D eigenvalue weighted by atomic mass is 35.5. The van der Waals surface area contributed by atoms with E-state index in [0.717, 1.165) is 44.2 Å². The topological polar surface area (TPSA) is 65.6 Å². The van der Waals surface area contributed by atoms with Crippen molar-refractivity contribution in [3.8, 4) is 0 Å². The molecule has 0 bridgehead atoms. The summed E-state index contributed by atoms with van der Waals surface area (Å²) in [5.41, 5.74) is 3.42. The van der Waals surface area contributed by atoms with Crippen LogP contribution >= 0.6 is 23.2 Å². The van der Waals surface area contributed by atoms with Gasteiger partial charge >= 0.3 is 0 Å². The summed E-state index contributed by atoms with van der Waals surface area (Å²) in [5.74, 6) is 0.787. The van der Waals surface area contributed by atoms with Gasteiger partial charge in [0.05, 0.1) is 28.7 Å². The molecule has 2 aromatic rings. The first-order valence-electron chi connectivity index (χ1n) is 14.5. The van der Waals surface area contributed by atoms with Crippen molar-refractivity contribution in [3.63, 3.8) is 0 Å². The summed E-state index contributed by atoms with van der Waals surface area (Å²) in [7, 11) is 0. The molecule has 3 aliphatic rings. The maximum absolute atomic E-state index is 11.0. The second-order valence-electron chi connectivity index (χ2n) is 13.9. The Bertz CT molecular complexity index is 1210. The van der Waals surface area contributed by atoms with Crippen LogP contribution in [0.4, 0.5) is 0 Å². The van der Waals surface area contributed by atoms with E-state index in [4.69, 9.17) is 27.6 Å². The lowest BCUT2D eigenvalue weighted by Crippen LogP contribution is -2.60. The Hall–Kier alpha value is -1.30. The van der Waals surface area contributed by atoms with Crippen LogP contribution in [-0.4, -0.2) is 29.5 Å².